The van der Waals surface area contributed by atoms with Crippen molar-refractivity contribution in [1.29, 1.82) is 0 Å². The summed E-state index contributed by atoms with van der Waals surface area (Å²) in [6, 6.07) is 1.95. The SMILES string of the molecule is COC(=O)[C@H]1C[C@@H](n2cccn2)CN1. The molecule has 1 N–H and O–H groups in total. The van der Waals surface area contributed by atoms with Crippen molar-refractivity contribution in [2.45, 2.75) is 18.5 Å². The van der Waals surface area contributed by atoms with Crippen molar-refractivity contribution in [3.63, 3.8) is 0 Å². The molecule has 0 saturated carbocycles. The first-order valence-electron chi connectivity index (χ1n) is 4.61. The van der Waals surface area contributed by atoms with E-state index in [1.807, 2.05) is 16.9 Å². The van der Waals surface area contributed by atoms with Gasteiger partial charge in [-0.3, -0.25) is 9.48 Å². The summed E-state index contributed by atoms with van der Waals surface area (Å²) in [6.07, 6.45) is 4.39. The number of nitrogens with zero attached hydrogens (tertiary/aromatic N) is 2. The predicted octanol–water partition coefficient (Wildman–Crippen LogP) is -0.0409. The van der Waals surface area contributed by atoms with E-state index in [1.165, 1.54) is 7.11 Å². The zero-order valence-corrected chi connectivity index (χ0v) is 8.01. The molecule has 0 aromatic carbocycles. The molecule has 1 aromatic rings. The van der Waals surface area contributed by atoms with Crippen LogP contribution in [0, 0.1) is 0 Å². The number of nitrogens with one attached hydrogen (secondary N) is 1. The highest BCUT2D eigenvalue weighted by Gasteiger charge is 2.31. The van der Waals surface area contributed by atoms with E-state index in [0.29, 0.717) is 0 Å². The van der Waals surface area contributed by atoms with Gasteiger partial charge in [0.1, 0.15) is 6.04 Å². The van der Waals surface area contributed by atoms with Gasteiger partial charge in [0, 0.05) is 18.9 Å². The molecule has 14 heavy (non-hydrogen) atoms. The summed E-state index contributed by atoms with van der Waals surface area (Å²) in [7, 11) is 1.41. The lowest BCUT2D eigenvalue weighted by Gasteiger charge is -2.08. The highest BCUT2D eigenvalue weighted by atomic mass is 16.5. The number of esters is 1. The minimum Gasteiger partial charge on any atom is -0.468 e. The number of carbonyl (C=O) groups is 1. The normalized spacial score (nSPS) is 26.4. The first-order chi connectivity index (χ1) is 6.81. The second kappa shape index (κ2) is 3.79. The van der Waals surface area contributed by atoms with Gasteiger partial charge in [-0.1, -0.05) is 0 Å². The third kappa shape index (κ3) is 1.63. The Kier molecular flexibility index (Phi) is 2.49. The van der Waals surface area contributed by atoms with E-state index in [0.717, 1.165) is 13.0 Å². The number of hydrogen-bond acceptors (Lipinski definition) is 4. The molecule has 0 unspecified atom stereocenters. The molecule has 2 atom stereocenters. The molecule has 76 valence electrons. The van der Waals surface area contributed by atoms with Crippen LogP contribution >= 0.6 is 0 Å². The second-order valence-electron chi connectivity index (χ2n) is 3.36. The van der Waals surface area contributed by atoms with Gasteiger partial charge in [-0.05, 0) is 12.5 Å². The van der Waals surface area contributed by atoms with Crippen LogP contribution in [0.1, 0.15) is 12.5 Å². The average Bonchev–Trinajstić information content (AvgIpc) is 2.86. The van der Waals surface area contributed by atoms with E-state index < -0.39 is 0 Å². The smallest absolute Gasteiger partial charge is 0.322 e. The van der Waals surface area contributed by atoms with Crippen LogP contribution in [-0.2, 0) is 9.53 Å². The highest BCUT2D eigenvalue weighted by molar-refractivity contribution is 5.76. The molecule has 2 heterocycles. The van der Waals surface area contributed by atoms with Crippen molar-refractivity contribution in [3.05, 3.63) is 18.5 Å². The van der Waals surface area contributed by atoms with Crippen molar-refractivity contribution >= 4 is 5.97 Å². The second-order valence-corrected chi connectivity index (χ2v) is 3.36. The van der Waals surface area contributed by atoms with Gasteiger partial charge in [0.2, 0.25) is 0 Å². The van der Waals surface area contributed by atoms with Crippen LogP contribution in [0.2, 0.25) is 0 Å². The van der Waals surface area contributed by atoms with Crippen LogP contribution in [0.3, 0.4) is 0 Å². The van der Waals surface area contributed by atoms with Gasteiger partial charge < -0.3 is 10.1 Å². The number of hydrogen-bond donors (Lipinski definition) is 1. The molecule has 1 aromatic heterocycles. The summed E-state index contributed by atoms with van der Waals surface area (Å²) in [6.45, 7) is 0.765. The van der Waals surface area contributed by atoms with Gasteiger partial charge >= 0.3 is 5.97 Å². The Morgan fingerprint density at radius 3 is 3.21 bits per heavy atom. The molecule has 1 aliphatic heterocycles. The molecule has 0 aliphatic carbocycles. The molecule has 5 heteroatoms. The van der Waals surface area contributed by atoms with Crippen molar-refractivity contribution in [3.8, 4) is 0 Å². The number of aromatic nitrogens is 2. The lowest BCUT2D eigenvalue weighted by Crippen LogP contribution is -2.31. The van der Waals surface area contributed by atoms with Crippen molar-refractivity contribution < 1.29 is 9.53 Å². The fourth-order valence-corrected chi connectivity index (χ4v) is 1.74. The van der Waals surface area contributed by atoms with E-state index in [-0.39, 0.29) is 18.1 Å². The van der Waals surface area contributed by atoms with Crippen molar-refractivity contribution in [2.75, 3.05) is 13.7 Å². The monoisotopic (exact) mass is 195 g/mol. The highest BCUT2D eigenvalue weighted by Crippen LogP contribution is 2.18. The molecule has 5 nitrogen and oxygen atoms in total. The average molecular weight is 195 g/mol. The molecule has 0 bridgehead atoms. The summed E-state index contributed by atoms with van der Waals surface area (Å²) in [5, 5.41) is 7.25. The minimum atomic E-state index is -0.195. The third-order valence-electron chi connectivity index (χ3n) is 2.49. The standard InChI is InChI=1S/C9H13N3O2/c1-14-9(13)8-5-7(6-10-8)12-4-2-3-11-12/h2-4,7-8,10H,5-6H2,1H3/t7-,8-/m1/s1. The summed E-state index contributed by atoms with van der Waals surface area (Å²) < 4.78 is 6.54. The summed E-state index contributed by atoms with van der Waals surface area (Å²) in [4.78, 5) is 11.2. The lowest BCUT2D eigenvalue weighted by molar-refractivity contribution is -0.142. The summed E-state index contributed by atoms with van der Waals surface area (Å²) in [5.41, 5.74) is 0. The van der Waals surface area contributed by atoms with E-state index >= 15 is 0 Å². The minimum absolute atomic E-state index is 0.186. The number of ether oxygens (including phenoxy) is 1. The van der Waals surface area contributed by atoms with Crippen LogP contribution in [-0.4, -0.2) is 35.4 Å². The number of methoxy groups -OCH3 is 1. The van der Waals surface area contributed by atoms with Crippen LogP contribution in [0.5, 0.6) is 0 Å². The zero-order valence-electron chi connectivity index (χ0n) is 8.01. The zero-order chi connectivity index (χ0) is 9.97. The van der Waals surface area contributed by atoms with Crippen molar-refractivity contribution in [2.24, 2.45) is 0 Å². The van der Waals surface area contributed by atoms with Gasteiger partial charge in [0.15, 0.2) is 0 Å². The lowest BCUT2D eigenvalue weighted by atomic mass is 10.2. The van der Waals surface area contributed by atoms with Crippen LogP contribution in [0.15, 0.2) is 18.5 Å². The fourth-order valence-electron chi connectivity index (χ4n) is 1.74. The molecular formula is C9H13N3O2. The van der Waals surface area contributed by atoms with E-state index in [1.54, 1.807) is 6.20 Å². The molecule has 0 amide bonds. The van der Waals surface area contributed by atoms with Gasteiger partial charge in [-0.15, -0.1) is 0 Å². The molecule has 0 radical (unpaired) electrons. The first kappa shape index (κ1) is 9.21. The number of rotatable bonds is 2. The quantitative estimate of drug-likeness (QED) is 0.673. The van der Waals surface area contributed by atoms with Gasteiger partial charge in [-0.25, -0.2) is 0 Å². The van der Waals surface area contributed by atoms with E-state index in [4.69, 9.17) is 0 Å². The molecular weight excluding hydrogens is 182 g/mol. The summed E-state index contributed by atoms with van der Waals surface area (Å²) in [5.74, 6) is -0.195. The fraction of sp³-hybridized carbons (Fsp3) is 0.556. The molecule has 0 spiro atoms. The summed E-state index contributed by atoms with van der Waals surface area (Å²) >= 11 is 0. The largest absolute Gasteiger partial charge is 0.468 e. The van der Waals surface area contributed by atoms with E-state index in [2.05, 4.69) is 15.2 Å². The molecule has 2 rings (SSSR count). The van der Waals surface area contributed by atoms with E-state index in [9.17, 15) is 4.79 Å². The maximum atomic E-state index is 11.2. The van der Waals surface area contributed by atoms with Crippen LogP contribution in [0.4, 0.5) is 0 Å². The Bertz CT molecular complexity index is 310. The molecule has 1 fully saturated rings. The third-order valence-corrected chi connectivity index (χ3v) is 2.49. The van der Waals surface area contributed by atoms with Crippen molar-refractivity contribution in [1.82, 2.24) is 15.1 Å². The maximum absolute atomic E-state index is 11.2. The predicted molar refractivity (Wildman–Crippen MR) is 49.7 cm³/mol. The van der Waals surface area contributed by atoms with Gasteiger partial charge in [0.05, 0.1) is 13.2 Å². The molecule has 1 aliphatic rings. The Hall–Kier alpha value is -1.36. The Labute approximate surface area is 82.0 Å². The number of carbonyl (C=O) groups excluding carboxylic acids is 1. The Morgan fingerprint density at radius 2 is 2.57 bits per heavy atom. The van der Waals surface area contributed by atoms with Gasteiger partial charge in [-0.2, -0.15) is 5.10 Å². The van der Waals surface area contributed by atoms with Crippen LogP contribution in [0.25, 0.3) is 0 Å². The van der Waals surface area contributed by atoms with Gasteiger partial charge in [0.25, 0.3) is 0 Å². The topological polar surface area (TPSA) is 56.2 Å². The molecule has 1 saturated heterocycles. The van der Waals surface area contributed by atoms with Crippen LogP contribution < -0.4 is 5.32 Å². The Balaban J connectivity index is 1.98. The maximum Gasteiger partial charge on any atom is 0.322 e. The first-order valence-corrected chi connectivity index (χ1v) is 4.61. The Morgan fingerprint density at radius 1 is 1.71 bits per heavy atom.